The van der Waals surface area contributed by atoms with E-state index in [1.54, 1.807) is 6.92 Å². The van der Waals surface area contributed by atoms with Gasteiger partial charge in [0, 0.05) is 6.20 Å². The average molecular weight is 245 g/mol. The van der Waals surface area contributed by atoms with Crippen LogP contribution in [0.1, 0.15) is 23.2 Å². The van der Waals surface area contributed by atoms with Gasteiger partial charge in [0.2, 0.25) is 0 Å². The molecule has 0 N–H and O–H groups in total. The Bertz CT molecular complexity index is 421. The van der Waals surface area contributed by atoms with Crippen molar-refractivity contribution in [2.45, 2.75) is 19.8 Å². The lowest BCUT2D eigenvalue weighted by atomic mass is 10.1. The van der Waals surface area contributed by atoms with E-state index < -0.39 is 18.1 Å². The Morgan fingerprint density at radius 3 is 2.59 bits per heavy atom. The van der Waals surface area contributed by atoms with Crippen LogP contribution in [-0.4, -0.2) is 25.2 Å². The number of methoxy groups -OCH3 is 2. The van der Waals surface area contributed by atoms with Crippen LogP contribution in [0.4, 0.5) is 8.78 Å². The summed E-state index contributed by atoms with van der Waals surface area (Å²) in [6.07, 6.45) is -1.48. The van der Waals surface area contributed by atoms with Crippen molar-refractivity contribution in [3.05, 3.63) is 23.0 Å². The van der Waals surface area contributed by atoms with Crippen LogP contribution in [0, 0.1) is 6.92 Å². The third-order valence-electron chi connectivity index (χ3n) is 2.39. The number of pyridine rings is 1. The molecule has 0 atom stereocenters. The van der Waals surface area contributed by atoms with E-state index in [9.17, 15) is 13.6 Å². The molecule has 0 amide bonds. The predicted octanol–water partition coefficient (Wildman–Crippen LogP) is 2.05. The highest BCUT2D eigenvalue weighted by molar-refractivity contribution is 5.73. The largest absolute Gasteiger partial charge is 0.494 e. The monoisotopic (exact) mass is 245 g/mol. The summed E-state index contributed by atoms with van der Waals surface area (Å²) < 4.78 is 34.6. The quantitative estimate of drug-likeness (QED) is 0.762. The molecule has 1 aromatic rings. The van der Waals surface area contributed by atoms with E-state index in [0.29, 0.717) is 11.1 Å². The number of aromatic nitrogens is 1. The van der Waals surface area contributed by atoms with Gasteiger partial charge in [-0.15, -0.1) is 0 Å². The van der Waals surface area contributed by atoms with Crippen LogP contribution >= 0.6 is 0 Å². The van der Waals surface area contributed by atoms with E-state index in [1.165, 1.54) is 20.4 Å². The van der Waals surface area contributed by atoms with Crippen molar-refractivity contribution in [1.29, 1.82) is 0 Å². The van der Waals surface area contributed by atoms with Gasteiger partial charge in [-0.1, -0.05) is 0 Å². The topological polar surface area (TPSA) is 48.4 Å². The summed E-state index contributed by atoms with van der Waals surface area (Å²) in [7, 11) is 2.55. The van der Waals surface area contributed by atoms with Crippen LogP contribution in [0.3, 0.4) is 0 Å². The molecule has 1 heterocycles. The Hall–Kier alpha value is -1.72. The number of esters is 1. The van der Waals surface area contributed by atoms with Crippen molar-refractivity contribution in [2.24, 2.45) is 0 Å². The van der Waals surface area contributed by atoms with Crippen molar-refractivity contribution in [3.8, 4) is 5.75 Å². The van der Waals surface area contributed by atoms with Crippen LogP contribution < -0.4 is 4.74 Å². The molecule has 0 spiro atoms. The second-order valence-electron chi connectivity index (χ2n) is 3.38. The molecule has 4 nitrogen and oxygen atoms in total. The molecule has 1 aromatic heterocycles. The highest BCUT2D eigenvalue weighted by Crippen LogP contribution is 2.31. The fourth-order valence-electron chi connectivity index (χ4n) is 1.46. The number of alkyl halides is 2. The fraction of sp³-hybridized carbons (Fsp3) is 0.455. The van der Waals surface area contributed by atoms with Gasteiger partial charge in [0.05, 0.1) is 20.6 Å². The maximum atomic E-state index is 12.6. The van der Waals surface area contributed by atoms with Crippen molar-refractivity contribution in [2.75, 3.05) is 14.2 Å². The number of ether oxygens (including phenoxy) is 2. The third kappa shape index (κ3) is 2.89. The number of hydrogen-bond acceptors (Lipinski definition) is 4. The van der Waals surface area contributed by atoms with Gasteiger partial charge in [-0.2, -0.15) is 0 Å². The van der Waals surface area contributed by atoms with Crippen molar-refractivity contribution >= 4 is 5.97 Å². The summed E-state index contributed by atoms with van der Waals surface area (Å²) in [5, 5.41) is 0. The van der Waals surface area contributed by atoms with E-state index in [0.717, 1.165) is 0 Å². The Morgan fingerprint density at radius 2 is 2.12 bits per heavy atom. The first kappa shape index (κ1) is 13.3. The summed E-state index contributed by atoms with van der Waals surface area (Å²) in [5.74, 6) is -0.442. The van der Waals surface area contributed by atoms with Crippen LogP contribution in [0.2, 0.25) is 0 Å². The van der Waals surface area contributed by atoms with E-state index in [-0.39, 0.29) is 12.2 Å². The molecule has 0 radical (unpaired) electrons. The first-order valence-electron chi connectivity index (χ1n) is 4.88. The highest BCUT2D eigenvalue weighted by Gasteiger charge is 2.20. The Balaban J connectivity index is 3.15. The van der Waals surface area contributed by atoms with Crippen molar-refractivity contribution in [1.82, 2.24) is 4.98 Å². The van der Waals surface area contributed by atoms with Gasteiger partial charge in [0.15, 0.2) is 0 Å². The Kier molecular flexibility index (Phi) is 4.37. The van der Waals surface area contributed by atoms with Gasteiger partial charge in [-0.05, 0) is 18.1 Å². The molecular weight excluding hydrogens is 232 g/mol. The Labute approximate surface area is 97.6 Å². The van der Waals surface area contributed by atoms with E-state index in [2.05, 4.69) is 9.72 Å². The molecule has 94 valence electrons. The third-order valence-corrected chi connectivity index (χ3v) is 2.39. The van der Waals surface area contributed by atoms with Crippen LogP contribution in [0.5, 0.6) is 5.75 Å². The molecule has 0 saturated heterocycles. The van der Waals surface area contributed by atoms with Crippen LogP contribution in [-0.2, 0) is 16.0 Å². The minimum Gasteiger partial charge on any atom is -0.494 e. The summed E-state index contributed by atoms with van der Waals surface area (Å²) >= 11 is 0. The highest BCUT2D eigenvalue weighted by atomic mass is 19.3. The lowest BCUT2D eigenvalue weighted by Crippen LogP contribution is -2.09. The van der Waals surface area contributed by atoms with Gasteiger partial charge in [-0.3, -0.25) is 9.78 Å². The fourth-order valence-corrected chi connectivity index (χ4v) is 1.46. The number of carbonyl (C=O) groups is 1. The maximum Gasteiger partial charge on any atom is 0.310 e. The summed E-state index contributed by atoms with van der Waals surface area (Å²) in [6.45, 7) is 1.60. The molecule has 0 bridgehead atoms. The first-order valence-corrected chi connectivity index (χ1v) is 4.88. The molecule has 0 saturated carbocycles. The van der Waals surface area contributed by atoms with Gasteiger partial charge in [0.25, 0.3) is 6.43 Å². The number of rotatable bonds is 4. The zero-order valence-corrected chi connectivity index (χ0v) is 9.79. The zero-order chi connectivity index (χ0) is 13.0. The second kappa shape index (κ2) is 5.56. The van der Waals surface area contributed by atoms with Gasteiger partial charge < -0.3 is 9.47 Å². The first-order chi connectivity index (χ1) is 8.01. The standard InChI is InChI=1S/C11H13F2NO3/c1-6-7(4-8(15)16-2)5-14-9(11(12)13)10(6)17-3/h5,11H,4H2,1-3H3. The van der Waals surface area contributed by atoms with Crippen molar-refractivity contribution < 1.29 is 23.0 Å². The number of nitrogens with zero attached hydrogens (tertiary/aromatic N) is 1. The van der Waals surface area contributed by atoms with E-state index >= 15 is 0 Å². The van der Waals surface area contributed by atoms with E-state index in [1.807, 2.05) is 0 Å². The maximum absolute atomic E-state index is 12.6. The second-order valence-corrected chi connectivity index (χ2v) is 3.38. The molecule has 0 aromatic carbocycles. The lowest BCUT2D eigenvalue weighted by molar-refractivity contribution is -0.139. The van der Waals surface area contributed by atoms with Crippen LogP contribution in [0.15, 0.2) is 6.20 Å². The summed E-state index contributed by atoms with van der Waals surface area (Å²) in [6, 6.07) is 0. The van der Waals surface area contributed by atoms with Gasteiger partial charge in [-0.25, -0.2) is 8.78 Å². The normalized spacial score (nSPS) is 10.5. The number of carbonyl (C=O) groups excluding carboxylic acids is 1. The minimum atomic E-state index is -2.71. The molecule has 0 fully saturated rings. The van der Waals surface area contributed by atoms with Gasteiger partial charge in [0.1, 0.15) is 11.4 Å². The van der Waals surface area contributed by atoms with Gasteiger partial charge >= 0.3 is 5.97 Å². The molecule has 17 heavy (non-hydrogen) atoms. The van der Waals surface area contributed by atoms with Crippen molar-refractivity contribution in [3.63, 3.8) is 0 Å². The number of halogens is 2. The summed E-state index contributed by atoms with van der Waals surface area (Å²) in [5.41, 5.74) is 0.569. The zero-order valence-electron chi connectivity index (χ0n) is 9.79. The minimum absolute atomic E-state index is 0.0152. The smallest absolute Gasteiger partial charge is 0.310 e. The SMILES string of the molecule is COC(=O)Cc1cnc(C(F)F)c(OC)c1C. The summed E-state index contributed by atoms with van der Waals surface area (Å²) in [4.78, 5) is 14.7. The average Bonchev–Trinajstić information content (AvgIpc) is 2.30. The number of hydrogen-bond donors (Lipinski definition) is 0. The molecular formula is C11H13F2NO3. The molecule has 1 rings (SSSR count). The molecule has 0 aliphatic carbocycles. The van der Waals surface area contributed by atoms with Crippen LogP contribution in [0.25, 0.3) is 0 Å². The molecule has 0 aliphatic rings. The lowest BCUT2D eigenvalue weighted by Gasteiger charge is -2.13. The molecule has 0 unspecified atom stereocenters. The molecule has 6 heteroatoms. The predicted molar refractivity (Wildman–Crippen MR) is 56.2 cm³/mol. The Morgan fingerprint density at radius 1 is 1.47 bits per heavy atom. The molecule has 0 aliphatic heterocycles. The van der Waals surface area contributed by atoms with E-state index in [4.69, 9.17) is 4.74 Å².